The predicted molar refractivity (Wildman–Crippen MR) is 67.8 cm³/mol. The fraction of sp³-hybridized carbons (Fsp3) is 0.917. The van der Waals surface area contributed by atoms with Crippen LogP contribution in [0.25, 0.3) is 0 Å². The van der Waals surface area contributed by atoms with Crippen LogP contribution in [0.2, 0.25) is 0 Å². The summed E-state index contributed by atoms with van der Waals surface area (Å²) in [5.41, 5.74) is -1.26. The zero-order chi connectivity index (χ0) is 14.0. The van der Waals surface area contributed by atoms with Crippen molar-refractivity contribution < 1.29 is 23.1 Å². The van der Waals surface area contributed by atoms with Crippen molar-refractivity contribution in [3.63, 3.8) is 0 Å². The molecule has 0 bridgehead atoms. The molecule has 0 aliphatic carbocycles. The van der Waals surface area contributed by atoms with E-state index in [4.69, 9.17) is 4.74 Å². The molecular formula is C12H22O5S. The average molecular weight is 278 g/mol. The van der Waals surface area contributed by atoms with Gasteiger partial charge in [-0.2, -0.15) is 0 Å². The summed E-state index contributed by atoms with van der Waals surface area (Å²) in [4.78, 5) is 11.9. The van der Waals surface area contributed by atoms with Crippen LogP contribution < -0.4 is 0 Å². The Labute approximate surface area is 108 Å². The van der Waals surface area contributed by atoms with Gasteiger partial charge in [0.1, 0.15) is 0 Å². The Balaban J connectivity index is 2.89. The van der Waals surface area contributed by atoms with Crippen molar-refractivity contribution in [2.75, 3.05) is 18.1 Å². The maximum absolute atomic E-state index is 11.9. The minimum absolute atomic E-state index is 0.0634. The number of carbonyl (C=O) groups is 1. The molecule has 1 unspecified atom stereocenters. The lowest BCUT2D eigenvalue weighted by Gasteiger charge is -2.39. The highest BCUT2D eigenvalue weighted by Crippen LogP contribution is 2.36. The smallest absolute Gasteiger partial charge is 0.312 e. The molecule has 0 aromatic carbocycles. The number of ether oxygens (including phenoxy) is 1. The Bertz CT molecular complexity index is 385. The van der Waals surface area contributed by atoms with E-state index in [1.807, 2.05) is 13.8 Å². The van der Waals surface area contributed by atoms with E-state index < -0.39 is 27.3 Å². The first-order chi connectivity index (χ1) is 8.22. The molecule has 6 heteroatoms. The molecule has 106 valence electrons. The second-order valence-corrected chi connectivity index (χ2v) is 7.53. The van der Waals surface area contributed by atoms with Gasteiger partial charge in [-0.15, -0.1) is 0 Å². The van der Waals surface area contributed by atoms with Gasteiger partial charge in [0.05, 0.1) is 29.6 Å². The Kier molecular flexibility index (Phi) is 4.78. The quantitative estimate of drug-likeness (QED) is 0.768. The van der Waals surface area contributed by atoms with E-state index in [-0.39, 0.29) is 36.9 Å². The van der Waals surface area contributed by atoms with Crippen LogP contribution in [0, 0.1) is 11.8 Å². The van der Waals surface area contributed by atoms with Gasteiger partial charge in [-0.25, -0.2) is 8.42 Å². The molecule has 1 atom stereocenters. The number of hydrogen-bond acceptors (Lipinski definition) is 5. The molecule has 1 heterocycles. The van der Waals surface area contributed by atoms with Crippen LogP contribution in [0.3, 0.4) is 0 Å². The van der Waals surface area contributed by atoms with Gasteiger partial charge in [0.25, 0.3) is 0 Å². The van der Waals surface area contributed by atoms with Crippen molar-refractivity contribution in [1.29, 1.82) is 0 Å². The van der Waals surface area contributed by atoms with E-state index in [1.165, 1.54) is 0 Å². The van der Waals surface area contributed by atoms with Crippen LogP contribution in [0.1, 0.15) is 33.6 Å². The van der Waals surface area contributed by atoms with Crippen LogP contribution in [0.4, 0.5) is 0 Å². The van der Waals surface area contributed by atoms with Gasteiger partial charge in [0, 0.05) is 0 Å². The average Bonchev–Trinajstić information content (AvgIpc) is 2.23. The number of carbonyl (C=O) groups excluding carboxylic acids is 1. The molecule has 0 saturated carbocycles. The van der Waals surface area contributed by atoms with Gasteiger partial charge in [-0.1, -0.05) is 13.8 Å². The van der Waals surface area contributed by atoms with Crippen molar-refractivity contribution in [1.82, 2.24) is 0 Å². The van der Waals surface area contributed by atoms with Crippen molar-refractivity contribution in [2.45, 2.75) is 39.2 Å². The van der Waals surface area contributed by atoms with E-state index in [2.05, 4.69) is 0 Å². The van der Waals surface area contributed by atoms with Crippen molar-refractivity contribution in [2.24, 2.45) is 11.8 Å². The third-order valence-electron chi connectivity index (χ3n) is 3.48. The summed E-state index contributed by atoms with van der Waals surface area (Å²) in [5.74, 6) is -1.31. The van der Waals surface area contributed by atoms with Crippen LogP contribution in [0.5, 0.6) is 0 Å². The Morgan fingerprint density at radius 2 is 1.83 bits per heavy atom. The molecule has 1 fully saturated rings. The van der Waals surface area contributed by atoms with Gasteiger partial charge < -0.3 is 9.84 Å². The third-order valence-corrected chi connectivity index (χ3v) is 5.13. The fourth-order valence-electron chi connectivity index (χ4n) is 2.55. The lowest BCUT2D eigenvalue weighted by Crippen LogP contribution is -2.50. The molecule has 1 N–H and O–H groups in total. The first-order valence-corrected chi connectivity index (χ1v) is 8.13. The monoisotopic (exact) mass is 278 g/mol. The molecule has 0 amide bonds. The Morgan fingerprint density at radius 1 is 1.33 bits per heavy atom. The summed E-state index contributed by atoms with van der Waals surface area (Å²) in [6, 6.07) is 0. The van der Waals surface area contributed by atoms with E-state index in [1.54, 1.807) is 6.92 Å². The van der Waals surface area contributed by atoms with Crippen LogP contribution in [-0.2, 0) is 19.4 Å². The van der Waals surface area contributed by atoms with E-state index in [0.29, 0.717) is 0 Å². The Morgan fingerprint density at radius 3 is 2.22 bits per heavy atom. The zero-order valence-corrected chi connectivity index (χ0v) is 12.0. The summed E-state index contributed by atoms with van der Waals surface area (Å²) in [5, 5.41) is 10.6. The van der Waals surface area contributed by atoms with Crippen molar-refractivity contribution in [3.05, 3.63) is 0 Å². The van der Waals surface area contributed by atoms with E-state index >= 15 is 0 Å². The Hall–Kier alpha value is -0.620. The van der Waals surface area contributed by atoms with E-state index in [9.17, 15) is 18.3 Å². The number of hydrogen-bond donors (Lipinski definition) is 1. The van der Waals surface area contributed by atoms with Crippen LogP contribution in [0.15, 0.2) is 0 Å². The van der Waals surface area contributed by atoms with Gasteiger partial charge in [0.15, 0.2) is 9.84 Å². The summed E-state index contributed by atoms with van der Waals surface area (Å²) < 4.78 is 27.8. The highest BCUT2D eigenvalue weighted by Gasteiger charge is 2.47. The molecule has 1 saturated heterocycles. The maximum atomic E-state index is 11.9. The van der Waals surface area contributed by atoms with Gasteiger partial charge in [0.2, 0.25) is 0 Å². The topological polar surface area (TPSA) is 80.7 Å². The molecule has 1 rings (SSSR count). The normalized spacial score (nSPS) is 23.6. The first-order valence-electron chi connectivity index (χ1n) is 6.31. The second-order valence-electron chi connectivity index (χ2n) is 5.23. The number of rotatable bonds is 4. The highest BCUT2D eigenvalue weighted by atomic mass is 32.2. The molecule has 0 radical (unpaired) electrons. The van der Waals surface area contributed by atoms with Gasteiger partial charge >= 0.3 is 5.97 Å². The molecule has 18 heavy (non-hydrogen) atoms. The zero-order valence-electron chi connectivity index (χ0n) is 11.2. The van der Waals surface area contributed by atoms with Gasteiger partial charge in [-0.05, 0) is 25.7 Å². The molecule has 0 aromatic heterocycles. The van der Waals surface area contributed by atoms with Crippen LogP contribution >= 0.6 is 0 Å². The van der Waals surface area contributed by atoms with E-state index in [0.717, 1.165) is 0 Å². The van der Waals surface area contributed by atoms with Crippen LogP contribution in [-0.4, -0.2) is 43.2 Å². The molecular weight excluding hydrogens is 256 g/mol. The summed E-state index contributed by atoms with van der Waals surface area (Å²) in [7, 11) is -3.06. The number of sulfone groups is 1. The molecule has 1 aliphatic heterocycles. The molecule has 1 aliphatic rings. The van der Waals surface area contributed by atoms with Crippen molar-refractivity contribution in [3.8, 4) is 0 Å². The third kappa shape index (κ3) is 3.45. The second kappa shape index (κ2) is 5.57. The number of aliphatic hydroxyl groups is 1. The molecule has 0 aromatic rings. The SMILES string of the molecule is CCOC(=O)C(C(C)C)C1(O)CCS(=O)(=O)CC1. The maximum Gasteiger partial charge on any atom is 0.312 e. The fourth-order valence-corrected chi connectivity index (χ4v) is 4.08. The molecule has 5 nitrogen and oxygen atoms in total. The van der Waals surface area contributed by atoms with Gasteiger partial charge in [-0.3, -0.25) is 4.79 Å². The van der Waals surface area contributed by atoms with Crippen molar-refractivity contribution >= 4 is 15.8 Å². The summed E-state index contributed by atoms with van der Waals surface area (Å²) in [6.45, 7) is 5.65. The summed E-state index contributed by atoms with van der Waals surface area (Å²) >= 11 is 0. The highest BCUT2D eigenvalue weighted by molar-refractivity contribution is 7.91. The first kappa shape index (κ1) is 15.4. The summed E-state index contributed by atoms with van der Waals surface area (Å²) in [6.07, 6.45) is 0.216. The largest absolute Gasteiger partial charge is 0.466 e. The minimum atomic E-state index is -3.06. The lowest BCUT2D eigenvalue weighted by molar-refractivity contribution is -0.162. The number of esters is 1. The standard InChI is InChI=1S/C12H22O5S/c1-4-17-11(13)10(9(2)3)12(14)5-7-18(15,16)8-6-12/h9-10,14H,4-8H2,1-3H3. The molecule has 0 spiro atoms. The lowest BCUT2D eigenvalue weighted by atomic mass is 9.76. The minimum Gasteiger partial charge on any atom is -0.466 e. The predicted octanol–water partition coefficient (Wildman–Crippen LogP) is 0.761.